The van der Waals surface area contributed by atoms with Gasteiger partial charge in [0.05, 0.1) is 11.5 Å². The standard InChI is InChI=1S/C15H15ClN2O5/c1-9-3-6-13(23-9)15(2,20)8-17-14(19)11-7-10(16)4-5-12(11)18(21)22/h3-7,20H,8H2,1-2H3,(H,17,19). The molecule has 7 nitrogen and oxygen atoms in total. The molecule has 0 fully saturated rings. The average molecular weight is 339 g/mol. The Morgan fingerprint density at radius 1 is 1.43 bits per heavy atom. The largest absolute Gasteiger partial charge is 0.463 e. The number of aryl methyl sites for hydroxylation is 1. The van der Waals surface area contributed by atoms with Crippen LogP contribution in [0.15, 0.2) is 34.7 Å². The van der Waals surface area contributed by atoms with E-state index in [1.165, 1.54) is 19.1 Å². The van der Waals surface area contributed by atoms with Gasteiger partial charge in [0.15, 0.2) is 0 Å². The molecule has 1 unspecified atom stereocenters. The molecule has 1 amide bonds. The van der Waals surface area contributed by atoms with Crippen LogP contribution in [-0.4, -0.2) is 22.5 Å². The molecular weight excluding hydrogens is 324 g/mol. The van der Waals surface area contributed by atoms with Crippen LogP contribution in [0, 0.1) is 17.0 Å². The van der Waals surface area contributed by atoms with Crippen LogP contribution in [-0.2, 0) is 5.60 Å². The number of carbonyl (C=O) groups is 1. The molecule has 0 saturated heterocycles. The van der Waals surface area contributed by atoms with Gasteiger partial charge in [-0.3, -0.25) is 14.9 Å². The average Bonchev–Trinajstić information content (AvgIpc) is 2.92. The Morgan fingerprint density at radius 3 is 2.70 bits per heavy atom. The normalized spacial score (nSPS) is 13.4. The number of hydrogen-bond donors (Lipinski definition) is 2. The Morgan fingerprint density at radius 2 is 2.13 bits per heavy atom. The number of nitrogens with one attached hydrogen (secondary N) is 1. The minimum atomic E-state index is -1.45. The van der Waals surface area contributed by atoms with E-state index in [4.69, 9.17) is 16.0 Å². The number of furan rings is 1. The SMILES string of the molecule is Cc1ccc(C(C)(O)CNC(=O)c2cc(Cl)ccc2[N+](=O)[O-])o1. The van der Waals surface area contributed by atoms with Crippen LogP contribution in [0.2, 0.25) is 5.02 Å². The van der Waals surface area contributed by atoms with E-state index in [1.54, 1.807) is 19.1 Å². The molecule has 0 aliphatic carbocycles. The maximum atomic E-state index is 12.2. The minimum absolute atomic E-state index is 0.172. The monoisotopic (exact) mass is 338 g/mol. The van der Waals surface area contributed by atoms with Gasteiger partial charge < -0.3 is 14.8 Å². The number of nitro groups is 1. The van der Waals surface area contributed by atoms with E-state index in [0.717, 1.165) is 6.07 Å². The molecular formula is C15H15ClN2O5. The van der Waals surface area contributed by atoms with Crippen molar-refractivity contribution < 1.29 is 19.2 Å². The van der Waals surface area contributed by atoms with Crippen molar-refractivity contribution in [3.63, 3.8) is 0 Å². The molecule has 1 aromatic heterocycles. The second-order valence-corrected chi connectivity index (χ2v) is 5.72. The Bertz CT molecular complexity index is 754. The highest BCUT2D eigenvalue weighted by Crippen LogP contribution is 2.24. The molecule has 2 rings (SSSR count). The molecule has 8 heteroatoms. The van der Waals surface area contributed by atoms with Crippen LogP contribution >= 0.6 is 11.6 Å². The van der Waals surface area contributed by atoms with Gasteiger partial charge in [-0.15, -0.1) is 0 Å². The van der Waals surface area contributed by atoms with E-state index in [9.17, 15) is 20.0 Å². The van der Waals surface area contributed by atoms with Crippen LogP contribution in [0.1, 0.15) is 28.8 Å². The first-order chi connectivity index (χ1) is 10.7. The fourth-order valence-corrected chi connectivity index (χ4v) is 2.18. The van der Waals surface area contributed by atoms with Gasteiger partial charge >= 0.3 is 0 Å². The first-order valence-electron chi connectivity index (χ1n) is 6.72. The fourth-order valence-electron chi connectivity index (χ4n) is 2.01. The number of rotatable bonds is 5. The summed E-state index contributed by atoms with van der Waals surface area (Å²) in [7, 11) is 0. The van der Waals surface area contributed by atoms with Crippen LogP contribution < -0.4 is 5.32 Å². The number of nitro benzene ring substituents is 1. The number of benzene rings is 1. The first kappa shape index (κ1) is 17.0. The Balaban J connectivity index is 2.17. The van der Waals surface area contributed by atoms with E-state index in [2.05, 4.69) is 5.32 Å². The summed E-state index contributed by atoms with van der Waals surface area (Å²) >= 11 is 5.79. The predicted octanol–water partition coefficient (Wildman–Crippen LogP) is 2.79. The third kappa shape index (κ3) is 3.88. The maximum absolute atomic E-state index is 12.2. The number of hydrogen-bond acceptors (Lipinski definition) is 5. The quantitative estimate of drug-likeness (QED) is 0.644. The molecule has 1 atom stereocenters. The summed E-state index contributed by atoms with van der Waals surface area (Å²) < 4.78 is 5.34. The lowest BCUT2D eigenvalue weighted by atomic mass is 10.0. The minimum Gasteiger partial charge on any atom is -0.463 e. The van der Waals surface area contributed by atoms with Gasteiger partial charge in [0.2, 0.25) is 0 Å². The van der Waals surface area contributed by atoms with E-state index in [0.29, 0.717) is 5.76 Å². The highest BCUT2D eigenvalue weighted by molar-refractivity contribution is 6.31. The molecule has 23 heavy (non-hydrogen) atoms. The molecule has 122 valence electrons. The van der Waals surface area contributed by atoms with E-state index in [1.807, 2.05) is 0 Å². The Hall–Kier alpha value is -2.38. The lowest BCUT2D eigenvalue weighted by molar-refractivity contribution is -0.385. The van der Waals surface area contributed by atoms with Gasteiger partial charge in [0.25, 0.3) is 11.6 Å². The predicted molar refractivity (Wildman–Crippen MR) is 83.5 cm³/mol. The van der Waals surface area contributed by atoms with Crippen molar-refractivity contribution in [2.75, 3.05) is 6.54 Å². The maximum Gasteiger partial charge on any atom is 0.282 e. The number of aliphatic hydroxyl groups is 1. The van der Waals surface area contributed by atoms with Crippen LogP contribution in [0.25, 0.3) is 0 Å². The molecule has 0 bridgehead atoms. The van der Waals surface area contributed by atoms with Crippen LogP contribution in [0.5, 0.6) is 0 Å². The number of carbonyl (C=O) groups excluding carboxylic acids is 1. The number of nitrogens with zero attached hydrogens (tertiary/aromatic N) is 1. The van der Waals surface area contributed by atoms with Crippen molar-refractivity contribution in [3.8, 4) is 0 Å². The summed E-state index contributed by atoms with van der Waals surface area (Å²) in [6.07, 6.45) is 0. The van der Waals surface area contributed by atoms with Gasteiger partial charge in [0.1, 0.15) is 22.7 Å². The molecule has 0 aliphatic rings. The molecule has 0 aliphatic heterocycles. The highest BCUT2D eigenvalue weighted by Gasteiger charge is 2.29. The van der Waals surface area contributed by atoms with E-state index < -0.39 is 16.4 Å². The summed E-state index contributed by atoms with van der Waals surface area (Å²) in [5.41, 5.74) is -1.98. The molecule has 2 aromatic rings. The van der Waals surface area contributed by atoms with Crippen molar-refractivity contribution in [3.05, 3.63) is 62.6 Å². The third-order valence-corrected chi connectivity index (χ3v) is 3.50. The topological polar surface area (TPSA) is 106 Å². The zero-order chi connectivity index (χ0) is 17.2. The number of amides is 1. The lowest BCUT2D eigenvalue weighted by Crippen LogP contribution is -2.38. The summed E-state index contributed by atoms with van der Waals surface area (Å²) in [6.45, 7) is 3.02. The fraction of sp³-hybridized carbons (Fsp3) is 0.267. The molecule has 0 saturated carbocycles. The zero-order valence-corrected chi connectivity index (χ0v) is 13.3. The third-order valence-electron chi connectivity index (χ3n) is 3.26. The molecule has 1 heterocycles. The van der Waals surface area contributed by atoms with Crippen molar-refractivity contribution in [1.29, 1.82) is 0 Å². The second kappa shape index (κ2) is 6.39. The summed E-state index contributed by atoms with van der Waals surface area (Å²) in [5, 5.41) is 24.0. The zero-order valence-electron chi connectivity index (χ0n) is 12.5. The van der Waals surface area contributed by atoms with Gasteiger partial charge in [-0.05, 0) is 38.1 Å². The molecule has 2 N–H and O–H groups in total. The Labute approximate surface area is 137 Å². The smallest absolute Gasteiger partial charge is 0.282 e. The van der Waals surface area contributed by atoms with Gasteiger partial charge in [-0.25, -0.2) is 0 Å². The Kier molecular flexibility index (Phi) is 4.72. The summed E-state index contributed by atoms with van der Waals surface area (Å²) in [6, 6.07) is 6.99. The molecule has 0 spiro atoms. The highest BCUT2D eigenvalue weighted by atomic mass is 35.5. The second-order valence-electron chi connectivity index (χ2n) is 5.29. The number of halogens is 1. The van der Waals surface area contributed by atoms with Crippen LogP contribution in [0.4, 0.5) is 5.69 Å². The van der Waals surface area contributed by atoms with Crippen LogP contribution in [0.3, 0.4) is 0 Å². The molecule has 1 aromatic carbocycles. The van der Waals surface area contributed by atoms with Crippen molar-refractivity contribution in [2.24, 2.45) is 0 Å². The van der Waals surface area contributed by atoms with Crippen molar-refractivity contribution >= 4 is 23.2 Å². The van der Waals surface area contributed by atoms with Crippen molar-refractivity contribution in [1.82, 2.24) is 5.32 Å². The van der Waals surface area contributed by atoms with Gasteiger partial charge in [-0.2, -0.15) is 0 Å². The van der Waals surface area contributed by atoms with E-state index >= 15 is 0 Å². The summed E-state index contributed by atoms with van der Waals surface area (Å²) in [5.74, 6) is 0.204. The molecule has 0 radical (unpaired) electrons. The van der Waals surface area contributed by atoms with E-state index in [-0.39, 0.29) is 28.6 Å². The summed E-state index contributed by atoms with van der Waals surface area (Å²) in [4.78, 5) is 22.5. The van der Waals surface area contributed by atoms with Gasteiger partial charge in [0, 0.05) is 11.1 Å². The lowest BCUT2D eigenvalue weighted by Gasteiger charge is -2.21. The first-order valence-corrected chi connectivity index (χ1v) is 7.10. The van der Waals surface area contributed by atoms with Gasteiger partial charge in [-0.1, -0.05) is 11.6 Å². The van der Waals surface area contributed by atoms with Crippen molar-refractivity contribution in [2.45, 2.75) is 19.4 Å².